The topological polar surface area (TPSA) is 60.2 Å². The van der Waals surface area contributed by atoms with E-state index in [1.807, 2.05) is 0 Å². The fourth-order valence-electron chi connectivity index (χ4n) is 4.40. The molecule has 5 unspecified atom stereocenters. The minimum absolute atomic E-state index is 0.0841. The minimum Gasteiger partial charge on any atom is -0.312 e. The summed E-state index contributed by atoms with van der Waals surface area (Å²) in [7, 11) is -5.26. The van der Waals surface area contributed by atoms with E-state index in [1.165, 1.54) is 0 Å². The molecule has 2 N–H and O–H groups in total. The van der Waals surface area contributed by atoms with Crippen molar-refractivity contribution in [3.8, 4) is 0 Å². The molecular weight excluding hydrogens is 255 g/mol. The SMILES string of the molecule is NC1(S(=O)(=O)C(F)(F)F)C2CC3CC(C2)C1C3. The van der Waals surface area contributed by atoms with Gasteiger partial charge in [0.2, 0.25) is 0 Å². The van der Waals surface area contributed by atoms with E-state index in [4.69, 9.17) is 5.73 Å². The quantitative estimate of drug-likeness (QED) is 0.787. The van der Waals surface area contributed by atoms with Crippen molar-refractivity contribution in [3.05, 3.63) is 0 Å². The Morgan fingerprint density at radius 1 is 1.12 bits per heavy atom. The lowest BCUT2D eigenvalue weighted by atomic mass is 9.79. The number of rotatable bonds is 1. The normalized spacial score (nSPS) is 48.9. The molecule has 0 amide bonds. The third kappa shape index (κ3) is 1.19. The molecule has 4 saturated carbocycles. The summed E-state index contributed by atoms with van der Waals surface area (Å²) >= 11 is 0. The van der Waals surface area contributed by atoms with Crippen molar-refractivity contribution < 1.29 is 21.6 Å². The monoisotopic (exact) mass is 269 g/mol. The zero-order chi connectivity index (χ0) is 12.6. The van der Waals surface area contributed by atoms with E-state index >= 15 is 0 Å². The molecule has 0 aromatic heterocycles. The van der Waals surface area contributed by atoms with Crippen LogP contribution in [0.2, 0.25) is 0 Å². The highest BCUT2D eigenvalue weighted by atomic mass is 32.2. The molecule has 0 radical (unpaired) electrons. The molecular formula is C10H14F3NO2S. The van der Waals surface area contributed by atoms with Crippen molar-refractivity contribution in [2.75, 3.05) is 0 Å². The van der Waals surface area contributed by atoms with E-state index < -0.39 is 32.1 Å². The van der Waals surface area contributed by atoms with E-state index in [9.17, 15) is 21.6 Å². The Morgan fingerprint density at radius 3 is 2.29 bits per heavy atom. The average Bonchev–Trinajstić information content (AvgIpc) is 2.58. The van der Waals surface area contributed by atoms with E-state index in [0.717, 1.165) is 6.42 Å². The lowest BCUT2D eigenvalue weighted by Crippen LogP contribution is -2.61. The molecule has 0 heterocycles. The minimum atomic E-state index is -5.26. The van der Waals surface area contributed by atoms with Gasteiger partial charge in [-0.15, -0.1) is 0 Å². The van der Waals surface area contributed by atoms with Crippen molar-refractivity contribution in [1.29, 1.82) is 0 Å². The molecule has 3 nitrogen and oxygen atoms in total. The Kier molecular flexibility index (Phi) is 2.07. The molecule has 7 heteroatoms. The second-order valence-corrected chi connectivity index (χ2v) is 7.85. The molecule has 5 atom stereocenters. The predicted molar refractivity (Wildman–Crippen MR) is 54.3 cm³/mol. The molecule has 0 saturated heterocycles. The van der Waals surface area contributed by atoms with Crippen LogP contribution in [0.4, 0.5) is 13.2 Å². The maximum absolute atomic E-state index is 12.7. The summed E-state index contributed by atoms with van der Waals surface area (Å²) in [5.74, 6) is -0.515. The maximum atomic E-state index is 12.7. The molecule has 4 aliphatic rings. The highest BCUT2D eigenvalue weighted by molar-refractivity contribution is 7.93. The van der Waals surface area contributed by atoms with E-state index in [2.05, 4.69) is 0 Å². The third-order valence-electron chi connectivity index (χ3n) is 4.99. The zero-order valence-electron chi connectivity index (χ0n) is 9.07. The zero-order valence-corrected chi connectivity index (χ0v) is 9.89. The Labute approximate surface area is 97.5 Å². The van der Waals surface area contributed by atoms with Crippen molar-refractivity contribution in [2.45, 2.75) is 36.1 Å². The first-order valence-corrected chi connectivity index (χ1v) is 7.26. The fraction of sp³-hybridized carbons (Fsp3) is 1.00. The number of halogens is 3. The molecule has 4 fully saturated rings. The molecule has 0 aliphatic heterocycles. The summed E-state index contributed by atoms with van der Waals surface area (Å²) in [5, 5.41) is 0. The van der Waals surface area contributed by atoms with Gasteiger partial charge in [0.05, 0.1) is 0 Å². The summed E-state index contributed by atoms with van der Waals surface area (Å²) in [6.07, 6.45) is 2.49. The molecule has 4 rings (SSSR count). The molecule has 98 valence electrons. The van der Waals surface area contributed by atoms with E-state index in [1.54, 1.807) is 0 Å². The van der Waals surface area contributed by atoms with Crippen LogP contribution in [-0.2, 0) is 9.84 Å². The Hall–Kier alpha value is -0.300. The van der Waals surface area contributed by atoms with Gasteiger partial charge in [0.1, 0.15) is 4.87 Å². The summed E-state index contributed by atoms with van der Waals surface area (Å²) in [6, 6.07) is 0. The van der Waals surface area contributed by atoms with Gasteiger partial charge in [0, 0.05) is 0 Å². The van der Waals surface area contributed by atoms with Crippen LogP contribution < -0.4 is 5.73 Å². The van der Waals surface area contributed by atoms with Crippen molar-refractivity contribution in [1.82, 2.24) is 0 Å². The molecule has 4 bridgehead atoms. The molecule has 4 aliphatic carbocycles. The van der Waals surface area contributed by atoms with Crippen LogP contribution in [0.15, 0.2) is 0 Å². The standard InChI is InChI=1S/C10H14F3NO2S/c11-10(12,13)17(15,16)9(14)7-2-5-1-6(4-7)8(9)3-5/h5-8H,1-4,14H2. The lowest BCUT2D eigenvalue weighted by molar-refractivity contribution is -0.0481. The summed E-state index contributed by atoms with van der Waals surface area (Å²) in [4.78, 5) is -2.05. The van der Waals surface area contributed by atoms with Crippen molar-refractivity contribution in [3.63, 3.8) is 0 Å². The van der Waals surface area contributed by atoms with Crippen LogP contribution in [0.25, 0.3) is 0 Å². The van der Waals surface area contributed by atoms with Crippen molar-refractivity contribution >= 4 is 9.84 Å². The molecule has 0 aromatic carbocycles. The highest BCUT2D eigenvalue weighted by Crippen LogP contribution is 2.64. The number of hydrogen-bond acceptors (Lipinski definition) is 3. The smallest absolute Gasteiger partial charge is 0.312 e. The molecule has 0 spiro atoms. The summed E-state index contributed by atoms with van der Waals surface area (Å²) in [6.45, 7) is 0. The van der Waals surface area contributed by atoms with Gasteiger partial charge in [-0.1, -0.05) is 0 Å². The Morgan fingerprint density at radius 2 is 1.76 bits per heavy atom. The van der Waals surface area contributed by atoms with Gasteiger partial charge in [-0.25, -0.2) is 8.42 Å². The second-order valence-electron chi connectivity index (χ2n) is 5.68. The summed E-state index contributed by atoms with van der Waals surface area (Å²) < 4.78 is 61.5. The first kappa shape index (κ1) is 11.8. The van der Waals surface area contributed by atoms with Crippen molar-refractivity contribution in [2.24, 2.45) is 29.4 Å². The number of alkyl halides is 3. The largest absolute Gasteiger partial charge is 0.499 e. The summed E-state index contributed by atoms with van der Waals surface area (Å²) in [5.41, 5.74) is 0.550. The first-order valence-electron chi connectivity index (χ1n) is 5.77. The van der Waals surface area contributed by atoms with Gasteiger partial charge in [-0.05, 0) is 49.4 Å². The Balaban J connectivity index is 2.09. The van der Waals surface area contributed by atoms with Crippen LogP contribution in [0.1, 0.15) is 25.7 Å². The van der Waals surface area contributed by atoms with Gasteiger partial charge in [-0.3, -0.25) is 0 Å². The van der Waals surface area contributed by atoms with Gasteiger partial charge in [-0.2, -0.15) is 13.2 Å². The van der Waals surface area contributed by atoms with Crippen LogP contribution >= 0.6 is 0 Å². The maximum Gasteiger partial charge on any atom is 0.499 e. The number of sulfone groups is 1. The van der Waals surface area contributed by atoms with E-state index in [-0.39, 0.29) is 5.92 Å². The van der Waals surface area contributed by atoms with Gasteiger partial charge >= 0.3 is 5.51 Å². The first-order chi connectivity index (χ1) is 7.68. The van der Waals surface area contributed by atoms with Gasteiger partial charge < -0.3 is 5.73 Å². The third-order valence-corrected chi connectivity index (χ3v) is 7.16. The van der Waals surface area contributed by atoms with E-state index in [0.29, 0.717) is 25.2 Å². The average molecular weight is 269 g/mol. The van der Waals surface area contributed by atoms with Crippen LogP contribution in [0.3, 0.4) is 0 Å². The molecule has 17 heavy (non-hydrogen) atoms. The fourth-order valence-corrected chi connectivity index (χ4v) is 6.12. The van der Waals surface area contributed by atoms with Gasteiger partial charge in [0.15, 0.2) is 0 Å². The van der Waals surface area contributed by atoms with Gasteiger partial charge in [0.25, 0.3) is 9.84 Å². The van der Waals surface area contributed by atoms with Crippen LogP contribution in [-0.4, -0.2) is 18.8 Å². The lowest BCUT2D eigenvalue weighted by Gasteiger charge is -2.40. The number of nitrogens with two attached hydrogens (primary N) is 1. The second kappa shape index (κ2) is 2.99. The predicted octanol–water partition coefficient (Wildman–Crippen LogP) is 1.64. The highest BCUT2D eigenvalue weighted by Gasteiger charge is 2.71. The van der Waals surface area contributed by atoms with Crippen LogP contribution in [0.5, 0.6) is 0 Å². The molecule has 0 aromatic rings. The number of hydrogen-bond donors (Lipinski definition) is 1. The van der Waals surface area contributed by atoms with Crippen LogP contribution in [0, 0.1) is 23.7 Å². The Bertz CT molecular complexity index is 457.